The Labute approximate surface area is 115 Å². The molecule has 1 aromatic heterocycles. The number of amides is 1. The summed E-state index contributed by atoms with van der Waals surface area (Å²) in [5.41, 5.74) is 1.08. The third-order valence-corrected chi connectivity index (χ3v) is 3.46. The largest absolute Gasteiger partial charge is 0.360 e. The van der Waals surface area contributed by atoms with Crippen molar-refractivity contribution < 1.29 is 4.79 Å². The van der Waals surface area contributed by atoms with Crippen LogP contribution < -0.4 is 10.6 Å². The van der Waals surface area contributed by atoms with Crippen LogP contribution in [0.4, 0.5) is 5.82 Å². The summed E-state index contributed by atoms with van der Waals surface area (Å²) in [6.07, 6.45) is 1.78. The first-order chi connectivity index (χ1) is 8.66. The molecule has 2 rings (SSSR count). The van der Waals surface area contributed by atoms with Crippen molar-refractivity contribution in [2.24, 2.45) is 0 Å². The standard InChI is InChI=1S/C12H17BrN4O/c1-9-6-10(13)12(15-7-9)16-8-11(18)17-4-2-14-3-5-17/h6-7,14H,2-5,8H2,1H3,(H,15,16). The summed E-state index contributed by atoms with van der Waals surface area (Å²) in [4.78, 5) is 18.1. The van der Waals surface area contributed by atoms with E-state index in [0.29, 0.717) is 5.82 Å². The molecule has 1 aliphatic heterocycles. The first-order valence-corrected chi connectivity index (χ1v) is 6.80. The highest BCUT2D eigenvalue weighted by atomic mass is 79.9. The monoisotopic (exact) mass is 312 g/mol. The van der Waals surface area contributed by atoms with Gasteiger partial charge in [0.25, 0.3) is 0 Å². The molecular formula is C12H17BrN4O. The molecule has 2 heterocycles. The minimum Gasteiger partial charge on any atom is -0.360 e. The van der Waals surface area contributed by atoms with Crippen molar-refractivity contribution in [3.05, 3.63) is 22.3 Å². The quantitative estimate of drug-likeness (QED) is 0.874. The maximum Gasteiger partial charge on any atom is 0.242 e. The van der Waals surface area contributed by atoms with Gasteiger partial charge >= 0.3 is 0 Å². The molecule has 1 fully saturated rings. The Morgan fingerprint density at radius 3 is 2.94 bits per heavy atom. The highest BCUT2D eigenvalue weighted by Crippen LogP contribution is 2.20. The van der Waals surface area contributed by atoms with Crippen molar-refractivity contribution in [1.29, 1.82) is 0 Å². The molecule has 98 valence electrons. The van der Waals surface area contributed by atoms with Gasteiger partial charge < -0.3 is 15.5 Å². The van der Waals surface area contributed by atoms with Gasteiger partial charge in [-0.05, 0) is 34.5 Å². The number of rotatable bonds is 3. The fourth-order valence-electron chi connectivity index (χ4n) is 1.85. The molecule has 6 heteroatoms. The van der Waals surface area contributed by atoms with Crippen LogP contribution in [0.25, 0.3) is 0 Å². The summed E-state index contributed by atoms with van der Waals surface area (Å²) in [5, 5.41) is 6.29. The van der Waals surface area contributed by atoms with Gasteiger partial charge in [-0.25, -0.2) is 4.98 Å². The predicted octanol–water partition coefficient (Wildman–Crippen LogP) is 0.996. The Bertz CT molecular complexity index is 432. The van der Waals surface area contributed by atoms with Crippen molar-refractivity contribution in [2.45, 2.75) is 6.92 Å². The minimum atomic E-state index is 0.116. The van der Waals surface area contributed by atoms with Crippen LogP contribution in [0.2, 0.25) is 0 Å². The summed E-state index contributed by atoms with van der Waals surface area (Å²) < 4.78 is 0.885. The van der Waals surface area contributed by atoms with Gasteiger partial charge in [0.2, 0.25) is 5.91 Å². The van der Waals surface area contributed by atoms with Gasteiger partial charge in [0.1, 0.15) is 5.82 Å². The number of halogens is 1. The van der Waals surface area contributed by atoms with E-state index < -0.39 is 0 Å². The second kappa shape index (κ2) is 6.15. The Hall–Kier alpha value is -1.14. The molecular weight excluding hydrogens is 296 g/mol. The van der Waals surface area contributed by atoms with Gasteiger partial charge in [-0.2, -0.15) is 0 Å². The second-order valence-corrected chi connectivity index (χ2v) is 5.18. The fraction of sp³-hybridized carbons (Fsp3) is 0.500. The summed E-state index contributed by atoms with van der Waals surface area (Å²) >= 11 is 3.43. The smallest absolute Gasteiger partial charge is 0.242 e. The first kappa shape index (κ1) is 13.3. The summed E-state index contributed by atoms with van der Waals surface area (Å²) in [6, 6.07) is 1.98. The molecule has 18 heavy (non-hydrogen) atoms. The van der Waals surface area contributed by atoms with E-state index in [-0.39, 0.29) is 12.5 Å². The molecule has 0 aromatic carbocycles. The number of carbonyl (C=O) groups is 1. The number of aryl methyl sites for hydroxylation is 1. The molecule has 1 aliphatic rings. The molecule has 1 aromatic rings. The zero-order valence-corrected chi connectivity index (χ0v) is 12.0. The molecule has 0 saturated carbocycles. The van der Waals surface area contributed by atoms with Crippen LogP contribution >= 0.6 is 15.9 Å². The average molecular weight is 313 g/mol. The van der Waals surface area contributed by atoms with Crippen LogP contribution in [0.3, 0.4) is 0 Å². The van der Waals surface area contributed by atoms with Crippen LogP contribution in [-0.4, -0.2) is 48.5 Å². The van der Waals surface area contributed by atoms with Crippen LogP contribution in [0.15, 0.2) is 16.7 Å². The highest BCUT2D eigenvalue weighted by molar-refractivity contribution is 9.10. The number of aromatic nitrogens is 1. The van der Waals surface area contributed by atoms with Gasteiger partial charge in [0.05, 0.1) is 11.0 Å². The highest BCUT2D eigenvalue weighted by Gasteiger charge is 2.16. The fourth-order valence-corrected chi connectivity index (χ4v) is 2.45. The predicted molar refractivity (Wildman–Crippen MR) is 74.6 cm³/mol. The molecule has 0 radical (unpaired) electrons. The van der Waals surface area contributed by atoms with Gasteiger partial charge in [0.15, 0.2) is 0 Å². The Balaban J connectivity index is 1.88. The van der Waals surface area contributed by atoms with Crippen LogP contribution in [0, 0.1) is 6.92 Å². The van der Waals surface area contributed by atoms with E-state index in [2.05, 4.69) is 31.5 Å². The summed E-state index contributed by atoms with van der Waals surface area (Å²) in [5.74, 6) is 0.829. The van der Waals surface area contributed by atoms with E-state index in [9.17, 15) is 4.79 Å². The van der Waals surface area contributed by atoms with E-state index in [0.717, 1.165) is 36.2 Å². The van der Waals surface area contributed by atoms with Crippen molar-refractivity contribution in [3.63, 3.8) is 0 Å². The van der Waals surface area contributed by atoms with Gasteiger partial charge in [-0.15, -0.1) is 0 Å². The molecule has 5 nitrogen and oxygen atoms in total. The Morgan fingerprint density at radius 2 is 2.28 bits per heavy atom. The normalized spacial score (nSPS) is 15.6. The maximum absolute atomic E-state index is 11.9. The van der Waals surface area contributed by atoms with E-state index in [4.69, 9.17) is 0 Å². The van der Waals surface area contributed by atoms with E-state index in [1.807, 2.05) is 17.9 Å². The maximum atomic E-state index is 11.9. The minimum absolute atomic E-state index is 0.116. The van der Waals surface area contributed by atoms with E-state index >= 15 is 0 Å². The zero-order chi connectivity index (χ0) is 13.0. The number of hydrogen-bond donors (Lipinski definition) is 2. The lowest BCUT2D eigenvalue weighted by atomic mass is 10.3. The number of piperazine rings is 1. The van der Waals surface area contributed by atoms with Crippen LogP contribution in [0.5, 0.6) is 0 Å². The molecule has 0 atom stereocenters. The topological polar surface area (TPSA) is 57.3 Å². The van der Waals surface area contributed by atoms with Crippen LogP contribution in [0.1, 0.15) is 5.56 Å². The molecule has 0 aliphatic carbocycles. The first-order valence-electron chi connectivity index (χ1n) is 6.01. The van der Waals surface area contributed by atoms with Crippen molar-refractivity contribution in [2.75, 3.05) is 38.0 Å². The lowest BCUT2D eigenvalue weighted by Gasteiger charge is -2.27. The number of anilines is 1. The molecule has 0 bridgehead atoms. The Kier molecular flexibility index (Phi) is 4.54. The summed E-state index contributed by atoms with van der Waals surface area (Å²) in [7, 11) is 0. The molecule has 1 amide bonds. The zero-order valence-electron chi connectivity index (χ0n) is 10.4. The average Bonchev–Trinajstić information content (AvgIpc) is 2.38. The van der Waals surface area contributed by atoms with Crippen molar-refractivity contribution in [3.8, 4) is 0 Å². The number of carbonyl (C=O) groups excluding carboxylic acids is 1. The number of nitrogens with one attached hydrogen (secondary N) is 2. The third-order valence-electron chi connectivity index (χ3n) is 2.85. The third kappa shape index (κ3) is 3.43. The van der Waals surface area contributed by atoms with E-state index in [1.54, 1.807) is 6.20 Å². The second-order valence-electron chi connectivity index (χ2n) is 4.33. The van der Waals surface area contributed by atoms with E-state index in [1.165, 1.54) is 0 Å². The molecule has 0 spiro atoms. The van der Waals surface area contributed by atoms with Gasteiger partial charge in [-0.3, -0.25) is 4.79 Å². The van der Waals surface area contributed by atoms with Crippen LogP contribution in [-0.2, 0) is 4.79 Å². The van der Waals surface area contributed by atoms with Crippen molar-refractivity contribution >= 4 is 27.7 Å². The SMILES string of the molecule is Cc1cnc(NCC(=O)N2CCNCC2)c(Br)c1. The lowest BCUT2D eigenvalue weighted by Crippen LogP contribution is -2.48. The number of nitrogens with zero attached hydrogens (tertiary/aromatic N) is 2. The van der Waals surface area contributed by atoms with Crippen molar-refractivity contribution in [1.82, 2.24) is 15.2 Å². The molecule has 1 saturated heterocycles. The molecule has 0 unspecified atom stereocenters. The number of hydrogen-bond acceptors (Lipinski definition) is 4. The lowest BCUT2D eigenvalue weighted by molar-refractivity contribution is -0.129. The van der Waals surface area contributed by atoms with Gasteiger partial charge in [0, 0.05) is 32.4 Å². The van der Waals surface area contributed by atoms with Gasteiger partial charge in [-0.1, -0.05) is 0 Å². The summed E-state index contributed by atoms with van der Waals surface area (Å²) in [6.45, 7) is 5.57. The molecule has 2 N–H and O–H groups in total. The Morgan fingerprint density at radius 1 is 1.56 bits per heavy atom. The number of pyridine rings is 1.